The summed E-state index contributed by atoms with van der Waals surface area (Å²) in [5, 5.41) is 7.54. The topological polar surface area (TPSA) is 66.7 Å². The third kappa shape index (κ3) is 4.62. The highest BCUT2D eigenvalue weighted by atomic mass is 32.1. The van der Waals surface area contributed by atoms with Gasteiger partial charge in [0, 0.05) is 65.2 Å². The van der Waals surface area contributed by atoms with Gasteiger partial charge in [-0.05, 0) is 95.6 Å². The molecular formula is C60H35N9S3. The van der Waals surface area contributed by atoms with Gasteiger partial charge in [0.25, 0.3) is 0 Å². The van der Waals surface area contributed by atoms with Gasteiger partial charge in [-0.15, -0.1) is 34.0 Å². The summed E-state index contributed by atoms with van der Waals surface area (Å²) in [5.74, 6) is 2.87. The second-order valence-corrected chi connectivity index (χ2v) is 22.5. The average molecular weight is 978 g/mol. The van der Waals surface area contributed by atoms with E-state index in [4.69, 9.17) is 15.0 Å². The minimum Gasteiger partial charge on any atom is -0.313 e. The molecule has 0 aliphatic heterocycles. The first-order chi connectivity index (χ1) is 35.5. The Morgan fingerprint density at radius 2 is 1.07 bits per heavy atom. The van der Waals surface area contributed by atoms with E-state index in [1.165, 1.54) is 105 Å². The van der Waals surface area contributed by atoms with Crippen molar-refractivity contribution in [2.75, 3.05) is 0 Å². The van der Waals surface area contributed by atoms with Crippen molar-refractivity contribution in [3.63, 3.8) is 0 Å². The third-order valence-electron chi connectivity index (χ3n) is 15.7. The molecule has 72 heavy (non-hydrogen) atoms. The highest BCUT2D eigenvalue weighted by molar-refractivity contribution is 7.27. The third-order valence-corrected chi connectivity index (χ3v) is 19.3. The van der Waals surface area contributed by atoms with Crippen LogP contribution < -0.4 is 0 Å². The SMILES string of the molecule is Cn1c2ccccc2n2c3ccc4sc5ccc(-c6cccc7sc8c(ccc9c8nc8n(Cc%10cccc%11c%10sc%10c%11ccc%11c%10n%10c%12ccccc%12nc%10n%11C)c%10ccccc%10n98)c67)cc5c4c3nc12. The average Bonchev–Trinajstić information content (AvgIpc) is 4.30. The number of benzene rings is 9. The summed E-state index contributed by atoms with van der Waals surface area (Å²) >= 11 is 5.60. The number of aromatic nitrogens is 9. The summed E-state index contributed by atoms with van der Waals surface area (Å²) in [4.78, 5) is 16.1. The van der Waals surface area contributed by atoms with Gasteiger partial charge in [0.05, 0.1) is 71.1 Å². The molecular weight excluding hydrogens is 943 g/mol. The molecule has 0 atom stereocenters. The van der Waals surface area contributed by atoms with Crippen molar-refractivity contribution in [2.24, 2.45) is 14.1 Å². The molecule has 9 aromatic carbocycles. The summed E-state index contributed by atoms with van der Waals surface area (Å²) in [6.45, 7) is 0.684. The maximum absolute atomic E-state index is 5.65. The molecule has 338 valence electrons. The van der Waals surface area contributed by atoms with Crippen LogP contribution in [-0.4, -0.2) is 41.9 Å². The smallest absolute Gasteiger partial charge is 0.216 e. The normalized spacial score (nSPS) is 12.9. The number of nitrogens with zero attached hydrogens (tertiary/aromatic N) is 9. The molecule has 0 bridgehead atoms. The molecule has 0 aliphatic rings. The molecule has 0 fully saturated rings. The van der Waals surface area contributed by atoms with Gasteiger partial charge in [-0.25, -0.2) is 15.0 Å². The molecule has 18 aromatic rings. The Kier molecular flexibility index (Phi) is 7.03. The zero-order chi connectivity index (χ0) is 46.8. The van der Waals surface area contributed by atoms with Crippen LogP contribution in [0, 0.1) is 0 Å². The summed E-state index contributed by atoms with van der Waals surface area (Å²) in [5.41, 5.74) is 17.3. The maximum atomic E-state index is 5.65. The molecule has 9 heterocycles. The molecule has 0 unspecified atom stereocenters. The molecule has 9 aromatic heterocycles. The number of thiophene rings is 3. The van der Waals surface area contributed by atoms with E-state index in [1.54, 1.807) is 0 Å². The summed E-state index contributed by atoms with van der Waals surface area (Å²) in [6, 6.07) is 60.2. The van der Waals surface area contributed by atoms with Crippen molar-refractivity contribution in [3.05, 3.63) is 169 Å². The Balaban J connectivity index is 0.815. The van der Waals surface area contributed by atoms with Crippen molar-refractivity contribution in [3.8, 4) is 11.1 Å². The summed E-state index contributed by atoms with van der Waals surface area (Å²) < 4.78 is 21.5. The number of hydrogen-bond donors (Lipinski definition) is 0. The van der Waals surface area contributed by atoms with Crippen molar-refractivity contribution < 1.29 is 0 Å². The number of fused-ring (bicyclic) bond motifs is 27. The predicted octanol–water partition coefficient (Wildman–Crippen LogP) is 15.8. The Labute approximate surface area is 418 Å². The lowest BCUT2D eigenvalue weighted by Crippen LogP contribution is -2.00. The highest BCUT2D eigenvalue weighted by Gasteiger charge is 2.24. The lowest BCUT2D eigenvalue weighted by atomic mass is 9.97. The van der Waals surface area contributed by atoms with Gasteiger partial charge >= 0.3 is 0 Å². The van der Waals surface area contributed by atoms with Crippen molar-refractivity contribution in [1.82, 2.24) is 41.9 Å². The Morgan fingerprint density at radius 1 is 0.403 bits per heavy atom. The van der Waals surface area contributed by atoms with Gasteiger partial charge in [-0.1, -0.05) is 84.9 Å². The van der Waals surface area contributed by atoms with Crippen LogP contribution in [0.25, 0.3) is 155 Å². The van der Waals surface area contributed by atoms with Crippen LogP contribution >= 0.6 is 34.0 Å². The summed E-state index contributed by atoms with van der Waals surface area (Å²) in [7, 11) is 4.25. The lowest BCUT2D eigenvalue weighted by molar-refractivity contribution is 0.854. The first kappa shape index (κ1) is 38.2. The molecule has 0 aliphatic carbocycles. The fourth-order valence-electron chi connectivity index (χ4n) is 12.5. The van der Waals surface area contributed by atoms with E-state index in [1.807, 2.05) is 34.0 Å². The van der Waals surface area contributed by atoms with Crippen molar-refractivity contribution in [1.29, 1.82) is 0 Å². The number of aryl methyl sites for hydroxylation is 2. The second-order valence-electron chi connectivity index (χ2n) is 19.3. The molecule has 0 amide bonds. The van der Waals surface area contributed by atoms with E-state index in [0.717, 1.165) is 55.9 Å². The maximum Gasteiger partial charge on any atom is 0.216 e. The highest BCUT2D eigenvalue weighted by Crippen LogP contribution is 2.47. The van der Waals surface area contributed by atoms with Crippen LogP contribution in [0.3, 0.4) is 0 Å². The zero-order valence-electron chi connectivity index (χ0n) is 38.5. The molecule has 18 rings (SSSR count). The molecule has 9 nitrogen and oxygen atoms in total. The van der Waals surface area contributed by atoms with Gasteiger partial charge in [0.2, 0.25) is 17.3 Å². The number of para-hydroxylation sites is 6. The largest absolute Gasteiger partial charge is 0.313 e. The monoisotopic (exact) mass is 977 g/mol. The van der Waals surface area contributed by atoms with Gasteiger partial charge in [0.15, 0.2) is 0 Å². The Morgan fingerprint density at radius 3 is 1.97 bits per heavy atom. The van der Waals surface area contributed by atoms with Crippen LogP contribution in [0.1, 0.15) is 5.56 Å². The zero-order valence-corrected chi connectivity index (χ0v) is 41.0. The standard InChI is InChI=1S/C60H35N9S3/c1-64-40-16-5-7-18-42(40)67-44-26-28-49-51(52(44)62-59(64)67)37-29-31(21-27-47(37)70-49)33-12-10-20-48-50(33)36-23-24-45-53(56(36)71-48)63-60-66(41-17-6-8-19-43(41)68(45)60)30-32-11-9-13-34-35-22-25-46-54(57(35)72-55(32)34)69-39-15-4-3-14-38(39)61-58(69)65(46)2/h3-29H,30H2,1-2H3. The van der Waals surface area contributed by atoms with Gasteiger partial charge in [0.1, 0.15) is 11.0 Å². The fourth-order valence-corrected chi connectivity index (χ4v) is 16.2. The minimum absolute atomic E-state index is 0.684. The van der Waals surface area contributed by atoms with E-state index in [2.05, 4.69) is 205 Å². The molecule has 12 heteroatoms. The van der Waals surface area contributed by atoms with E-state index in [-0.39, 0.29) is 0 Å². The first-order valence-electron chi connectivity index (χ1n) is 24.2. The fraction of sp³-hybridized carbons (Fsp3) is 0.0500. The number of imidazole rings is 6. The predicted molar refractivity (Wildman–Crippen MR) is 303 cm³/mol. The lowest BCUT2D eigenvalue weighted by Gasteiger charge is -2.07. The van der Waals surface area contributed by atoms with Crippen LogP contribution in [-0.2, 0) is 20.6 Å². The van der Waals surface area contributed by atoms with E-state index >= 15 is 0 Å². The first-order valence-corrected chi connectivity index (χ1v) is 26.6. The second kappa shape index (κ2) is 13.2. The van der Waals surface area contributed by atoms with Crippen molar-refractivity contribution >= 4 is 178 Å². The van der Waals surface area contributed by atoms with Crippen LogP contribution in [0.15, 0.2) is 164 Å². The Bertz CT molecular complexity index is 5480. The van der Waals surface area contributed by atoms with E-state index in [0.29, 0.717) is 6.54 Å². The van der Waals surface area contributed by atoms with Crippen molar-refractivity contribution in [2.45, 2.75) is 6.54 Å². The number of hydrogen-bond acceptors (Lipinski definition) is 6. The molecule has 0 N–H and O–H groups in total. The number of rotatable bonds is 3. The van der Waals surface area contributed by atoms with Gasteiger partial charge in [-0.3, -0.25) is 13.2 Å². The minimum atomic E-state index is 0.684. The Hall–Kier alpha value is -8.55. The van der Waals surface area contributed by atoms with Crippen LogP contribution in [0.2, 0.25) is 0 Å². The van der Waals surface area contributed by atoms with Gasteiger partial charge < -0.3 is 13.7 Å². The molecule has 0 radical (unpaired) electrons. The van der Waals surface area contributed by atoms with Gasteiger partial charge in [-0.2, -0.15) is 0 Å². The van der Waals surface area contributed by atoms with E-state index < -0.39 is 0 Å². The van der Waals surface area contributed by atoms with E-state index in [9.17, 15) is 0 Å². The molecule has 0 spiro atoms. The van der Waals surface area contributed by atoms with Crippen LogP contribution in [0.4, 0.5) is 0 Å². The molecule has 0 saturated heterocycles. The summed E-state index contributed by atoms with van der Waals surface area (Å²) in [6.07, 6.45) is 0. The molecule has 0 saturated carbocycles. The quantitative estimate of drug-likeness (QED) is 0.177. The van der Waals surface area contributed by atoms with Crippen LogP contribution in [0.5, 0.6) is 0 Å².